The number of imide groups is 1. The van der Waals surface area contributed by atoms with E-state index in [2.05, 4.69) is 10.6 Å². The SMILES string of the molecule is CCOc1cc(/C=C2\SC(=O)N(CC(=O)Nc3ccccc3)C2=O)cc(Cl)c1OCC(=O)Nc1ccccc1. The second-order valence-corrected chi connectivity index (χ2v) is 9.55. The zero-order valence-corrected chi connectivity index (χ0v) is 22.4. The summed E-state index contributed by atoms with van der Waals surface area (Å²) >= 11 is 7.17. The molecule has 1 aliphatic rings. The Morgan fingerprint density at radius 3 is 2.15 bits per heavy atom. The van der Waals surface area contributed by atoms with Gasteiger partial charge >= 0.3 is 0 Å². The lowest BCUT2D eigenvalue weighted by molar-refractivity contribution is -0.127. The molecule has 1 aliphatic heterocycles. The van der Waals surface area contributed by atoms with E-state index < -0.39 is 23.6 Å². The van der Waals surface area contributed by atoms with Gasteiger partial charge in [0.05, 0.1) is 16.5 Å². The van der Waals surface area contributed by atoms with Gasteiger partial charge in [0.15, 0.2) is 18.1 Å². The molecule has 1 heterocycles. The van der Waals surface area contributed by atoms with Crippen LogP contribution in [0.15, 0.2) is 77.7 Å². The van der Waals surface area contributed by atoms with Crippen LogP contribution in [0.25, 0.3) is 6.08 Å². The van der Waals surface area contributed by atoms with Gasteiger partial charge in [0.1, 0.15) is 6.54 Å². The number of ether oxygens (including phenoxy) is 2. The van der Waals surface area contributed by atoms with Gasteiger partial charge in [-0.3, -0.25) is 24.1 Å². The third kappa shape index (κ3) is 7.40. The Kier molecular flexibility index (Phi) is 9.24. The average Bonchev–Trinajstić information content (AvgIpc) is 3.16. The van der Waals surface area contributed by atoms with E-state index >= 15 is 0 Å². The summed E-state index contributed by atoms with van der Waals surface area (Å²) < 4.78 is 11.3. The van der Waals surface area contributed by atoms with Crippen molar-refractivity contribution in [2.45, 2.75) is 6.92 Å². The summed E-state index contributed by atoms with van der Waals surface area (Å²) in [6.07, 6.45) is 1.49. The number of anilines is 2. The Hall–Kier alpha value is -4.28. The predicted octanol–water partition coefficient (Wildman–Crippen LogP) is 5.43. The predicted molar refractivity (Wildman–Crippen MR) is 151 cm³/mol. The van der Waals surface area contributed by atoms with Crippen LogP contribution >= 0.6 is 23.4 Å². The van der Waals surface area contributed by atoms with E-state index in [1.807, 2.05) is 12.1 Å². The van der Waals surface area contributed by atoms with Gasteiger partial charge in [-0.2, -0.15) is 0 Å². The number of amides is 4. The molecule has 11 heteroatoms. The molecule has 3 aromatic carbocycles. The van der Waals surface area contributed by atoms with Crippen LogP contribution < -0.4 is 20.1 Å². The number of hydrogen-bond donors (Lipinski definition) is 2. The molecule has 200 valence electrons. The van der Waals surface area contributed by atoms with Crippen molar-refractivity contribution >= 4 is 63.8 Å². The van der Waals surface area contributed by atoms with Crippen molar-refractivity contribution in [3.05, 3.63) is 88.3 Å². The Morgan fingerprint density at radius 1 is 0.923 bits per heavy atom. The number of thioether (sulfide) groups is 1. The molecule has 0 saturated carbocycles. The molecule has 0 atom stereocenters. The minimum atomic E-state index is -0.597. The Labute approximate surface area is 234 Å². The lowest BCUT2D eigenvalue weighted by Crippen LogP contribution is -2.36. The molecule has 9 nitrogen and oxygen atoms in total. The van der Waals surface area contributed by atoms with Crippen molar-refractivity contribution in [3.8, 4) is 11.5 Å². The lowest BCUT2D eigenvalue weighted by atomic mass is 10.1. The van der Waals surface area contributed by atoms with Gasteiger partial charge < -0.3 is 20.1 Å². The molecule has 1 fully saturated rings. The monoisotopic (exact) mass is 565 g/mol. The smallest absolute Gasteiger partial charge is 0.294 e. The highest BCUT2D eigenvalue weighted by atomic mass is 35.5. The zero-order valence-electron chi connectivity index (χ0n) is 20.8. The van der Waals surface area contributed by atoms with E-state index in [1.165, 1.54) is 12.1 Å². The number of nitrogens with zero attached hydrogens (tertiary/aromatic N) is 1. The van der Waals surface area contributed by atoms with Crippen LogP contribution in [0.4, 0.5) is 16.2 Å². The summed E-state index contributed by atoms with van der Waals surface area (Å²) in [4.78, 5) is 51.1. The Bertz CT molecular complexity index is 1420. The summed E-state index contributed by atoms with van der Waals surface area (Å²) in [7, 11) is 0. The maximum absolute atomic E-state index is 12.9. The highest BCUT2D eigenvalue weighted by Gasteiger charge is 2.36. The van der Waals surface area contributed by atoms with Gasteiger partial charge in [0.25, 0.3) is 17.1 Å². The van der Waals surface area contributed by atoms with E-state index in [4.69, 9.17) is 21.1 Å². The first-order chi connectivity index (χ1) is 18.8. The van der Waals surface area contributed by atoms with Gasteiger partial charge in [-0.25, -0.2) is 0 Å². The van der Waals surface area contributed by atoms with Crippen LogP contribution in [0.1, 0.15) is 12.5 Å². The van der Waals surface area contributed by atoms with E-state index in [9.17, 15) is 19.2 Å². The molecule has 4 amide bonds. The molecule has 0 unspecified atom stereocenters. The second-order valence-electron chi connectivity index (χ2n) is 8.15. The summed E-state index contributed by atoms with van der Waals surface area (Å²) in [5.41, 5.74) is 1.66. The maximum atomic E-state index is 12.9. The van der Waals surface area contributed by atoms with Gasteiger partial charge in [0, 0.05) is 11.4 Å². The van der Waals surface area contributed by atoms with Crippen molar-refractivity contribution in [1.82, 2.24) is 4.90 Å². The first-order valence-corrected chi connectivity index (χ1v) is 13.1. The van der Waals surface area contributed by atoms with E-state index in [0.29, 0.717) is 23.5 Å². The van der Waals surface area contributed by atoms with Crippen molar-refractivity contribution in [1.29, 1.82) is 0 Å². The van der Waals surface area contributed by atoms with Crippen molar-refractivity contribution in [2.75, 3.05) is 30.4 Å². The molecule has 0 spiro atoms. The first-order valence-electron chi connectivity index (χ1n) is 11.9. The number of carbonyl (C=O) groups excluding carboxylic acids is 4. The summed E-state index contributed by atoms with van der Waals surface area (Å²) in [5.74, 6) is -1.03. The molecule has 1 saturated heterocycles. The fraction of sp³-hybridized carbons (Fsp3) is 0.143. The Morgan fingerprint density at radius 2 is 1.54 bits per heavy atom. The number of benzene rings is 3. The molecular formula is C28H24ClN3O6S. The molecule has 0 aliphatic carbocycles. The molecular weight excluding hydrogens is 542 g/mol. The van der Waals surface area contributed by atoms with Crippen LogP contribution in [0, 0.1) is 0 Å². The topological polar surface area (TPSA) is 114 Å². The quantitative estimate of drug-likeness (QED) is 0.315. The molecule has 4 rings (SSSR count). The van der Waals surface area contributed by atoms with Gasteiger partial charge in [0.2, 0.25) is 5.91 Å². The maximum Gasteiger partial charge on any atom is 0.294 e. The Balaban J connectivity index is 1.45. The molecule has 39 heavy (non-hydrogen) atoms. The minimum Gasteiger partial charge on any atom is -0.490 e. The van der Waals surface area contributed by atoms with Gasteiger partial charge in [-0.05, 0) is 66.7 Å². The fourth-order valence-corrected chi connectivity index (χ4v) is 4.70. The van der Waals surface area contributed by atoms with Gasteiger partial charge in [-0.15, -0.1) is 0 Å². The van der Waals surface area contributed by atoms with E-state index in [-0.39, 0.29) is 33.9 Å². The molecule has 0 radical (unpaired) electrons. The second kappa shape index (κ2) is 13.0. The fourth-order valence-electron chi connectivity index (χ4n) is 3.58. The number of hydrogen-bond acceptors (Lipinski definition) is 7. The van der Waals surface area contributed by atoms with Crippen LogP contribution in [0.3, 0.4) is 0 Å². The molecule has 0 aromatic heterocycles. The van der Waals surface area contributed by atoms with Crippen LogP contribution in [0.2, 0.25) is 5.02 Å². The first kappa shape index (κ1) is 27.7. The van der Waals surface area contributed by atoms with E-state index in [1.54, 1.807) is 61.5 Å². The molecule has 2 N–H and O–H groups in total. The number of carbonyl (C=O) groups is 4. The van der Waals surface area contributed by atoms with Crippen LogP contribution in [-0.4, -0.2) is 47.6 Å². The highest BCUT2D eigenvalue weighted by molar-refractivity contribution is 8.18. The van der Waals surface area contributed by atoms with Crippen LogP contribution in [-0.2, 0) is 14.4 Å². The molecule has 0 bridgehead atoms. The van der Waals surface area contributed by atoms with E-state index in [0.717, 1.165) is 16.7 Å². The molecule has 3 aromatic rings. The summed E-state index contributed by atoms with van der Waals surface area (Å²) in [6, 6.07) is 20.8. The van der Waals surface area contributed by atoms with Gasteiger partial charge in [-0.1, -0.05) is 48.0 Å². The third-order valence-electron chi connectivity index (χ3n) is 5.27. The number of rotatable bonds is 10. The highest BCUT2D eigenvalue weighted by Crippen LogP contribution is 2.39. The largest absolute Gasteiger partial charge is 0.490 e. The normalized spacial score (nSPS) is 13.9. The van der Waals surface area contributed by atoms with Crippen molar-refractivity contribution < 1.29 is 28.7 Å². The lowest BCUT2D eigenvalue weighted by Gasteiger charge is -2.15. The average molecular weight is 566 g/mol. The number of nitrogens with one attached hydrogen (secondary N) is 2. The summed E-state index contributed by atoms with van der Waals surface area (Å²) in [5, 5.41) is 4.97. The third-order valence-corrected chi connectivity index (χ3v) is 6.46. The van der Waals surface area contributed by atoms with Crippen LogP contribution in [0.5, 0.6) is 11.5 Å². The number of para-hydroxylation sites is 2. The van der Waals surface area contributed by atoms with Crippen molar-refractivity contribution in [3.63, 3.8) is 0 Å². The standard InChI is InChI=1S/C28H24ClN3O6S/c1-2-37-22-14-18(13-21(29)26(22)38-17-25(34)31-20-11-7-4-8-12-20)15-23-27(35)32(28(36)39-23)16-24(33)30-19-9-5-3-6-10-19/h3-15H,2,16-17H2,1H3,(H,30,33)(H,31,34)/b23-15-. The van der Waals surface area contributed by atoms with Crippen molar-refractivity contribution in [2.24, 2.45) is 0 Å². The zero-order chi connectivity index (χ0) is 27.8. The number of halogens is 1. The minimum absolute atomic E-state index is 0.127. The summed E-state index contributed by atoms with van der Waals surface area (Å²) in [6.45, 7) is 1.34.